The van der Waals surface area contributed by atoms with E-state index < -0.39 is 0 Å². The number of aromatic nitrogens is 2. The van der Waals surface area contributed by atoms with Crippen LogP contribution in [0, 0.1) is 0 Å². The predicted octanol–water partition coefficient (Wildman–Crippen LogP) is 0.154. The van der Waals surface area contributed by atoms with Crippen molar-refractivity contribution in [3.63, 3.8) is 0 Å². The average molecular weight is 273 g/mol. The fourth-order valence-corrected chi connectivity index (χ4v) is 2.33. The summed E-state index contributed by atoms with van der Waals surface area (Å²) < 4.78 is 0. The van der Waals surface area contributed by atoms with Crippen LogP contribution >= 0.6 is 0 Å². The highest BCUT2D eigenvalue weighted by atomic mass is 16.2. The van der Waals surface area contributed by atoms with Crippen molar-refractivity contribution in [3.8, 4) is 0 Å². The summed E-state index contributed by atoms with van der Waals surface area (Å²) in [6.45, 7) is 0.404. The van der Waals surface area contributed by atoms with E-state index in [4.69, 9.17) is 5.73 Å². The third kappa shape index (κ3) is 2.29. The number of nitrogens with one attached hydrogen (secondary N) is 3. The van der Waals surface area contributed by atoms with Crippen molar-refractivity contribution in [2.75, 3.05) is 12.3 Å². The van der Waals surface area contributed by atoms with Crippen LogP contribution in [-0.2, 0) is 4.79 Å². The molecule has 1 saturated heterocycles. The van der Waals surface area contributed by atoms with Gasteiger partial charge in [-0.1, -0.05) is 0 Å². The van der Waals surface area contributed by atoms with Gasteiger partial charge in [0, 0.05) is 30.1 Å². The van der Waals surface area contributed by atoms with Gasteiger partial charge in [-0.3, -0.25) is 14.7 Å². The van der Waals surface area contributed by atoms with Crippen molar-refractivity contribution in [1.29, 1.82) is 0 Å². The minimum Gasteiger partial charge on any atom is -0.399 e. The van der Waals surface area contributed by atoms with E-state index in [0.29, 0.717) is 29.7 Å². The van der Waals surface area contributed by atoms with Gasteiger partial charge in [0.25, 0.3) is 5.91 Å². The van der Waals surface area contributed by atoms with Gasteiger partial charge in [-0.05, 0) is 24.6 Å². The molecular formula is C13H15N5O2. The summed E-state index contributed by atoms with van der Waals surface area (Å²) >= 11 is 0. The van der Waals surface area contributed by atoms with Crippen molar-refractivity contribution in [2.45, 2.75) is 18.9 Å². The molecule has 1 aromatic carbocycles. The molecular weight excluding hydrogens is 258 g/mol. The van der Waals surface area contributed by atoms with Crippen LogP contribution in [0.1, 0.15) is 23.3 Å². The number of hydrogen-bond acceptors (Lipinski definition) is 4. The van der Waals surface area contributed by atoms with Crippen LogP contribution < -0.4 is 16.4 Å². The number of carbonyl (C=O) groups excluding carboxylic acids is 2. The third-order valence-corrected chi connectivity index (χ3v) is 3.40. The highest BCUT2D eigenvalue weighted by molar-refractivity contribution is 6.05. The number of nitrogen functional groups attached to an aromatic ring is 1. The van der Waals surface area contributed by atoms with Crippen molar-refractivity contribution in [2.24, 2.45) is 0 Å². The Morgan fingerprint density at radius 2 is 2.35 bits per heavy atom. The standard InChI is InChI=1S/C13H15N5O2/c14-7-1-3-10-9(5-7)12(18-17-10)13(20)15-6-8-2-4-11(19)16-8/h1,3,5,8H,2,4,6,14H2,(H,15,20)(H,16,19)(H,17,18). The molecule has 0 radical (unpaired) electrons. The van der Waals surface area contributed by atoms with Gasteiger partial charge in [0.15, 0.2) is 5.69 Å². The normalized spacial score (nSPS) is 18.2. The van der Waals surface area contributed by atoms with Crippen LogP contribution in [0.4, 0.5) is 5.69 Å². The maximum absolute atomic E-state index is 12.1. The summed E-state index contributed by atoms with van der Waals surface area (Å²) in [5.74, 6) is -0.245. The summed E-state index contributed by atoms with van der Waals surface area (Å²) in [6.07, 6.45) is 1.26. The van der Waals surface area contributed by atoms with Crippen LogP contribution in [0.5, 0.6) is 0 Å². The van der Waals surface area contributed by atoms with Crippen LogP contribution in [-0.4, -0.2) is 34.6 Å². The molecule has 7 heteroatoms. The third-order valence-electron chi connectivity index (χ3n) is 3.40. The highest BCUT2D eigenvalue weighted by Crippen LogP contribution is 2.18. The summed E-state index contributed by atoms with van der Waals surface area (Å²) in [5.41, 5.74) is 7.38. The largest absolute Gasteiger partial charge is 0.399 e. The zero-order valence-corrected chi connectivity index (χ0v) is 10.8. The minimum absolute atomic E-state index is 0.00160. The maximum atomic E-state index is 12.1. The Bertz CT molecular complexity index is 678. The molecule has 0 aliphatic carbocycles. The molecule has 1 atom stereocenters. The van der Waals surface area contributed by atoms with E-state index in [-0.39, 0.29) is 17.9 Å². The molecule has 1 aromatic heterocycles. The van der Waals surface area contributed by atoms with Crippen molar-refractivity contribution in [1.82, 2.24) is 20.8 Å². The molecule has 1 aliphatic heterocycles. The lowest BCUT2D eigenvalue weighted by molar-refractivity contribution is -0.119. The van der Waals surface area contributed by atoms with Gasteiger partial charge < -0.3 is 16.4 Å². The van der Waals surface area contributed by atoms with Crippen molar-refractivity contribution >= 4 is 28.4 Å². The molecule has 104 valence electrons. The second-order valence-corrected chi connectivity index (χ2v) is 4.89. The van der Waals surface area contributed by atoms with E-state index in [1.54, 1.807) is 18.2 Å². The fourth-order valence-electron chi connectivity index (χ4n) is 2.33. The number of amides is 2. The maximum Gasteiger partial charge on any atom is 0.272 e. The van der Waals surface area contributed by atoms with Gasteiger partial charge in [0.05, 0.1) is 5.52 Å². The molecule has 2 amide bonds. The molecule has 2 aromatic rings. The van der Waals surface area contributed by atoms with Gasteiger partial charge in [-0.2, -0.15) is 5.10 Å². The first-order valence-corrected chi connectivity index (χ1v) is 6.44. The van der Waals surface area contributed by atoms with Crippen LogP contribution in [0.2, 0.25) is 0 Å². The smallest absolute Gasteiger partial charge is 0.272 e. The van der Waals surface area contributed by atoms with Crippen LogP contribution in [0.3, 0.4) is 0 Å². The first kappa shape index (κ1) is 12.5. The van der Waals surface area contributed by atoms with Gasteiger partial charge in [-0.25, -0.2) is 0 Å². The van der Waals surface area contributed by atoms with Crippen LogP contribution in [0.25, 0.3) is 10.9 Å². The Labute approximate surface area is 114 Å². The van der Waals surface area contributed by atoms with E-state index in [9.17, 15) is 9.59 Å². The number of rotatable bonds is 3. The number of carbonyl (C=O) groups is 2. The first-order valence-electron chi connectivity index (χ1n) is 6.44. The highest BCUT2D eigenvalue weighted by Gasteiger charge is 2.22. The summed E-state index contributed by atoms with van der Waals surface area (Å²) in [7, 11) is 0. The lowest BCUT2D eigenvalue weighted by Crippen LogP contribution is -2.38. The predicted molar refractivity (Wildman–Crippen MR) is 74.0 cm³/mol. The number of aromatic amines is 1. The molecule has 7 nitrogen and oxygen atoms in total. The minimum atomic E-state index is -0.275. The molecule has 0 bridgehead atoms. The Morgan fingerprint density at radius 1 is 1.50 bits per heavy atom. The number of hydrogen-bond donors (Lipinski definition) is 4. The fraction of sp³-hybridized carbons (Fsp3) is 0.308. The molecule has 0 spiro atoms. The summed E-state index contributed by atoms with van der Waals surface area (Å²) in [4.78, 5) is 23.2. The van der Waals surface area contributed by atoms with Crippen molar-refractivity contribution in [3.05, 3.63) is 23.9 Å². The van der Waals surface area contributed by atoms with E-state index in [1.165, 1.54) is 0 Å². The number of benzene rings is 1. The number of fused-ring (bicyclic) bond motifs is 1. The van der Waals surface area contributed by atoms with Crippen LogP contribution in [0.15, 0.2) is 18.2 Å². The Balaban J connectivity index is 1.72. The van der Waals surface area contributed by atoms with Gasteiger partial charge in [-0.15, -0.1) is 0 Å². The zero-order chi connectivity index (χ0) is 14.1. The molecule has 3 rings (SSSR count). The van der Waals surface area contributed by atoms with Gasteiger partial charge in [0.1, 0.15) is 0 Å². The monoisotopic (exact) mass is 273 g/mol. The lowest BCUT2D eigenvalue weighted by atomic mass is 10.1. The average Bonchev–Trinajstić information content (AvgIpc) is 3.02. The molecule has 1 fully saturated rings. The van der Waals surface area contributed by atoms with Gasteiger partial charge >= 0.3 is 0 Å². The quantitative estimate of drug-likeness (QED) is 0.596. The molecule has 1 unspecified atom stereocenters. The van der Waals surface area contributed by atoms with E-state index in [2.05, 4.69) is 20.8 Å². The second kappa shape index (κ2) is 4.84. The zero-order valence-electron chi connectivity index (χ0n) is 10.8. The Kier molecular flexibility index (Phi) is 3.02. The molecule has 20 heavy (non-hydrogen) atoms. The molecule has 1 aliphatic rings. The molecule has 2 heterocycles. The Hall–Kier alpha value is -2.57. The first-order chi connectivity index (χ1) is 9.63. The van der Waals surface area contributed by atoms with E-state index >= 15 is 0 Å². The van der Waals surface area contributed by atoms with Crippen molar-refractivity contribution < 1.29 is 9.59 Å². The topological polar surface area (TPSA) is 113 Å². The SMILES string of the molecule is Nc1ccc2[nH]nc(C(=O)NCC3CCC(=O)N3)c2c1. The second-order valence-electron chi connectivity index (χ2n) is 4.89. The number of nitrogens with two attached hydrogens (primary N) is 1. The molecule has 0 saturated carbocycles. The summed E-state index contributed by atoms with van der Waals surface area (Å²) in [6, 6.07) is 5.24. The number of nitrogens with zero attached hydrogens (tertiary/aromatic N) is 1. The van der Waals surface area contributed by atoms with E-state index in [1.807, 2.05) is 0 Å². The summed E-state index contributed by atoms with van der Waals surface area (Å²) in [5, 5.41) is 13.1. The molecule has 5 N–H and O–H groups in total. The van der Waals surface area contributed by atoms with E-state index in [0.717, 1.165) is 11.9 Å². The van der Waals surface area contributed by atoms with Gasteiger partial charge in [0.2, 0.25) is 5.91 Å². The number of anilines is 1. The lowest BCUT2D eigenvalue weighted by Gasteiger charge is -2.10. The Morgan fingerprint density at radius 3 is 3.10 bits per heavy atom. The number of H-pyrrole nitrogens is 1.